The molecule has 1 heterocycles. The molecule has 0 spiro atoms. The SMILES string of the molecule is COc1ccc(CCNC(=NCc2nnc(C)n2C)NC(C)c2ccc(F)c(F)c2)cc1.I. The van der Waals surface area contributed by atoms with E-state index in [0.717, 1.165) is 35.4 Å². The molecule has 0 amide bonds. The molecule has 0 aliphatic carbocycles. The molecule has 33 heavy (non-hydrogen) atoms. The van der Waals surface area contributed by atoms with E-state index in [0.29, 0.717) is 24.6 Å². The van der Waals surface area contributed by atoms with Crippen molar-refractivity contribution in [3.05, 3.63) is 76.9 Å². The zero-order valence-electron chi connectivity index (χ0n) is 19.1. The minimum atomic E-state index is -0.878. The summed E-state index contributed by atoms with van der Waals surface area (Å²) in [5.41, 5.74) is 1.76. The Hall–Kier alpha value is -2.76. The van der Waals surface area contributed by atoms with Crippen molar-refractivity contribution in [2.24, 2.45) is 12.0 Å². The van der Waals surface area contributed by atoms with E-state index in [9.17, 15) is 8.78 Å². The van der Waals surface area contributed by atoms with Crippen LogP contribution in [0.4, 0.5) is 8.78 Å². The van der Waals surface area contributed by atoms with E-state index in [1.807, 2.05) is 49.7 Å². The summed E-state index contributed by atoms with van der Waals surface area (Å²) in [6.07, 6.45) is 0.771. The van der Waals surface area contributed by atoms with E-state index in [4.69, 9.17) is 4.74 Å². The van der Waals surface area contributed by atoms with Crippen molar-refractivity contribution in [2.45, 2.75) is 32.9 Å². The normalized spacial score (nSPS) is 12.1. The molecule has 2 aromatic carbocycles. The summed E-state index contributed by atoms with van der Waals surface area (Å²) in [7, 11) is 3.52. The fourth-order valence-electron chi connectivity index (χ4n) is 3.08. The van der Waals surface area contributed by atoms with Gasteiger partial charge in [0.25, 0.3) is 0 Å². The van der Waals surface area contributed by atoms with Crippen LogP contribution in [0.5, 0.6) is 5.75 Å². The van der Waals surface area contributed by atoms with Gasteiger partial charge in [-0.3, -0.25) is 0 Å². The molecule has 0 aliphatic rings. The van der Waals surface area contributed by atoms with Crippen LogP contribution in [0.1, 0.15) is 35.7 Å². The smallest absolute Gasteiger partial charge is 0.192 e. The van der Waals surface area contributed by atoms with Gasteiger partial charge >= 0.3 is 0 Å². The van der Waals surface area contributed by atoms with Crippen LogP contribution in [-0.4, -0.2) is 34.4 Å². The largest absolute Gasteiger partial charge is 0.497 e. The van der Waals surface area contributed by atoms with Crippen LogP contribution in [-0.2, 0) is 20.0 Å². The van der Waals surface area contributed by atoms with Crippen LogP contribution in [0.3, 0.4) is 0 Å². The van der Waals surface area contributed by atoms with Crippen LogP contribution >= 0.6 is 24.0 Å². The van der Waals surface area contributed by atoms with Gasteiger partial charge in [0.15, 0.2) is 23.4 Å². The Balaban J connectivity index is 0.00000385. The molecular formula is C23H29F2IN6O. The maximum atomic E-state index is 13.7. The number of rotatable bonds is 8. The van der Waals surface area contributed by atoms with Gasteiger partial charge in [0.05, 0.1) is 13.2 Å². The first kappa shape index (κ1) is 26.5. The van der Waals surface area contributed by atoms with Crippen LogP contribution in [0, 0.1) is 18.6 Å². The Morgan fingerprint density at radius 1 is 1.12 bits per heavy atom. The minimum absolute atomic E-state index is 0. The van der Waals surface area contributed by atoms with E-state index in [1.54, 1.807) is 13.2 Å². The number of nitrogens with zero attached hydrogens (tertiary/aromatic N) is 4. The van der Waals surface area contributed by atoms with Gasteiger partial charge in [-0.1, -0.05) is 18.2 Å². The topological polar surface area (TPSA) is 76.4 Å². The molecule has 0 aliphatic heterocycles. The first-order valence-corrected chi connectivity index (χ1v) is 10.3. The van der Waals surface area contributed by atoms with Crippen LogP contribution in [0.15, 0.2) is 47.5 Å². The monoisotopic (exact) mass is 570 g/mol. The number of hydrogen-bond acceptors (Lipinski definition) is 4. The minimum Gasteiger partial charge on any atom is -0.497 e. The van der Waals surface area contributed by atoms with E-state index < -0.39 is 11.6 Å². The van der Waals surface area contributed by atoms with Crippen molar-refractivity contribution in [1.29, 1.82) is 0 Å². The summed E-state index contributed by atoms with van der Waals surface area (Å²) in [5, 5.41) is 14.7. The van der Waals surface area contributed by atoms with Gasteiger partial charge in [-0.05, 0) is 55.7 Å². The third kappa shape index (κ3) is 7.37. The molecule has 0 radical (unpaired) electrons. The molecule has 2 N–H and O–H groups in total. The summed E-state index contributed by atoms with van der Waals surface area (Å²) >= 11 is 0. The van der Waals surface area contributed by atoms with Crippen molar-refractivity contribution in [2.75, 3.05) is 13.7 Å². The molecule has 0 saturated carbocycles. The molecule has 178 valence electrons. The highest BCUT2D eigenvalue weighted by Crippen LogP contribution is 2.16. The highest BCUT2D eigenvalue weighted by atomic mass is 127. The first-order valence-electron chi connectivity index (χ1n) is 10.3. The lowest BCUT2D eigenvalue weighted by Crippen LogP contribution is -2.40. The number of benzene rings is 2. The number of guanidine groups is 1. The lowest BCUT2D eigenvalue weighted by atomic mass is 10.1. The average molecular weight is 570 g/mol. The van der Waals surface area contributed by atoms with Gasteiger partial charge in [0, 0.05) is 13.6 Å². The molecule has 0 saturated heterocycles. The van der Waals surface area contributed by atoms with Crippen LogP contribution in [0.25, 0.3) is 0 Å². The molecule has 7 nitrogen and oxygen atoms in total. The van der Waals surface area contributed by atoms with Gasteiger partial charge in [-0.15, -0.1) is 34.2 Å². The molecular weight excluding hydrogens is 541 g/mol. The molecule has 0 fully saturated rings. The number of halogens is 3. The predicted octanol–water partition coefficient (Wildman–Crippen LogP) is 4.07. The van der Waals surface area contributed by atoms with Gasteiger partial charge in [0.1, 0.15) is 18.1 Å². The number of hydrogen-bond donors (Lipinski definition) is 2. The van der Waals surface area contributed by atoms with Crippen molar-refractivity contribution in [1.82, 2.24) is 25.4 Å². The summed E-state index contributed by atoms with van der Waals surface area (Å²) in [5.74, 6) is 1.12. The third-order valence-electron chi connectivity index (χ3n) is 5.22. The standard InChI is InChI=1S/C23H28F2N6O.HI/c1-15(18-7-10-20(24)21(25)13-18)28-23(27-14-22-30-29-16(2)31(22)3)26-12-11-17-5-8-19(32-4)9-6-17;/h5-10,13,15H,11-12,14H2,1-4H3,(H2,26,27,28);1H. The van der Waals surface area contributed by atoms with E-state index in [2.05, 4.69) is 25.8 Å². The second-order valence-corrected chi connectivity index (χ2v) is 7.45. The Kier molecular flexibility index (Phi) is 10.0. The summed E-state index contributed by atoms with van der Waals surface area (Å²) in [6, 6.07) is 11.4. The Bertz CT molecular complexity index is 1070. The Labute approximate surface area is 209 Å². The zero-order chi connectivity index (χ0) is 23.1. The van der Waals surface area contributed by atoms with Gasteiger partial charge < -0.3 is 19.9 Å². The average Bonchev–Trinajstić information content (AvgIpc) is 3.11. The maximum Gasteiger partial charge on any atom is 0.192 e. The van der Waals surface area contributed by atoms with Crippen LogP contribution in [0.2, 0.25) is 0 Å². The Morgan fingerprint density at radius 3 is 2.45 bits per heavy atom. The number of nitrogens with one attached hydrogen (secondary N) is 2. The zero-order valence-corrected chi connectivity index (χ0v) is 21.4. The lowest BCUT2D eigenvalue weighted by Gasteiger charge is -2.19. The predicted molar refractivity (Wildman–Crippen MR) is 135 cm³/mol. The quantitative estimate of drug-likeness (QED) is 0.243. The molecule has 10 heteroatoms. The fraction of sp³-hybridized carbons (Fsp3) is 0.348. The van der Waals surface area contributed by atoms with Crippen molar-refractivity contribution < 1.29 is 13.5 Å². The number of aliphatic imine (C=N–C) groups is 1. The molecule has 3 rings (SSSR count). The number of methoxy groups -OCH3 is 1. The first-order chi connectivity index (χ1) is 15.4. The second-order valence-electron chi connectivity index (χ2n) is 7.45. The molecule has 1 atom stereocenters. The fourth-order valence-corrected chi connectivity index (χ4v) is 3.08. The van der Waals surface area contributed by atoms with Crippen molar-refractivity contribution in [3.63, 3.8) is 0 Å². The highest BCUT2D eigenvalue weighted by molar-refractivity contribution is 14.0. The third-order valence-corrected chi connectivity index (χ3v) is 5.22. The summed E-state index contributed by atoms with van der Waals surface area (Å²) < 4.78 is 34.0. The van der Waals surface area contributed by atoms with Crippen LogP contribution < -0.4 is 15.4 Å². The maximum absolute atomic E-state index is 13.7. The molecule has 1 aromatic heterocycles. The number of ether oxygens (including phenoxy) is 1. The molecule has 3 aromatic rings. The van der Waals surface area contributed by atoms with E-state index >= 15 is 0 Å². The summed E-state index contributed by atoms with van der Waals surface area (Å²) in [6.45, 7) is 4.68. The second kappa shape index (κ2) is 12.5. The highest BCUT2D eigenvalue weighted by Gasteiger charge is 2.12. The molecule has 1 unspecified atom stereocenters. The Morgan fingerprint density at radius 2 is 1.85 bits per heavy atom. The van der Waals surface area contributed by atoms with Crippen molar-refractivity contribution in [3.8, 4) is 5.75 Å². The lowest BCUT2D eigenvalue weighted by molar-refractivity contribution is 0.414. The van der Waals surface area contributed by atoms with E-state index in [1.165, 1.54) is 6.07 Å². The van der Waals surface area contributed by atoms with E-state index in [-0.39, 0.29) is 30.0 Å². The molecule has 0 bridgehead atoms. The van der Waals surface area contributed by atoms with Gasteiger partial charge in [-0.25, -0.2) is 13.8 Å². The van der Waals surface area contributed by atoms with Gasteiger partial charge in [0.2, 0.25) is 0 Å². The summed E-state index contributed by atoms with van der Waals surface area (Å²) in [4.78, 5) is 4.62. The van der Waals surface area contributed by atoms with Gasteiger partial charge in [-0.2, -0.15) is 0 Å². The number of aryl methyl sites for hydroxylation is 1. The number of aromatic nitrogens is 3. The van der Waals surface area contributed by atoms with Crippen molar-refractivity contribution >= 4 is 29.9 Å².